The molecule has 0 bridgehead atoms. The molecule has 1 rings (SSSR count). The van der Waals surface area contributed by atoms with Crippen LogP contribution in [0.3, 0.4) is 0 Å². The minimum Gasteiger partial charge on any atom is -0.399 e. The Labute approximate surface area is 70.7 Å². The van der Waals surface area contributed by atoms with Gasteiger partial charge in [-0.25, -0.2) is 0 Å². The highest BCUT2D eigenvalue weighted by Gasteiger charge is 2.35. The van der Waals surface area contributed by atoms with Crippen LogP contribution in [0, 0.1) is 10.1 Å². The van der Waals surface area contributed by atoms with Crippen LogP contribution in [0.25, 0.3) is 0 Å². The fourth-order valence-corrected chi connectivity index (χ4v) is 0.700. The lowest BCUT2D eigenvalue weighted by Crippen LogP contribution is -2.17. The molecule has 0 aliphatic rings. The molecule has 0 fully saturated rings. The molecule has 0 unspecified atom stereocenters. The van der Waals surface area contributed by atoms with E-state index in [-0.39, 0.29) is 0 Å². The maximum absolute atomic E-state index is 12.6. The van der Waals surface area contributed by atoms with Crippen LogP contribution >= 0.6 is 0 Å². The molecule has 1 aromatic heterocycles. The number of halogens is 2. The molecule has 0 saturated heterocycles. The first-order valence-electron chi connectivity index (χ1n) is 3.21. The van der Waals surface area contributed by atoms with E-state index in [4.69, 9.17) is 5.11 Å². The number of hydrogen-bond acceptors (Lipinski definition) is 4. The highest BCUT2D eigenvalue weighted by Crippen LogP contribution is 2.30. The van der Waals surface area contributed by atoms with Gasteiger partial charge in [0.1, 0.15) is 11.5 Å². The van der Waals surface area contributed by atoms with Gasteiger partial charge in [-0.1, -0.05) is 0 Å². The molecule has 13 heavy (non-hydrogen) atoms. The van der Waals surface area contributed by atoms with Gasteiger partial charge >= 0.3 is 11.8 Å². The van der Waals surface area contributed by atoms with Gasteiger partial charge in [-0.3, -0.25) is 10.1 Å². The van der Waals surface area contributed by atoms with E-state index in [2.05, 4.69) is 4.42 Å². The predicted molar refractivity (Wildman–Crippen MR) is 36.3 cm³/mol. The summed E-state index contributed by atoms with van der Waals surface area (Å²) in [5, 5.41) is 18.2. The molecule has 72 valence electrons. The summed E-state index contributed by atoms with van der Waals surface area (Å²) in [5.41, 5.74) is 0. The second-order valence-electron chi connectivity index (χ2n) is 2.26. The Bertz CT molecular complexity index is 322. The van der Waals surface area contributed by atoms with Gasteiger partial charge < -0.3 is 9.52 Å². The molecule has 1 aromatic rings. The molecule has 7 heteroatoms. The first-order chi connectivity index (χ1) is 5.97. The largest absolute Gasteiger partial charge is 0.433 e. The van der Waals surface area contributed by atoms with Crippen LogP contribution in [0.2, 0.25) is 0 Å². The zero-order valence-electron chi connectivity index (χ0n) is 6.24. The van der Waals surface area contributed by atoms with E-state index in [1.165, 1.54) is 0 Å². The smallest absolute Gasteiger partial charge is 0.399 e. The third-order valence-corrected chi connectivity index (χ3v) is 1.33. The second-order valence-corrected chi connectivity index (χ2v) is 2.26. The van der Waals surface area contributed by atoms with Crippen molar-refractivity contribution >= 4 is 5.88 Å². The number of nitro groups is 1. The first-order valence-corrected chi connectivity index (χ1v) is 3.21. The first kappa shape index (κ1) is 9.59. The number of aliphatic hydroxyl groups excluding tert-OH is 1. The summed E-state index contributed by atoms with van der Waals surface area (Å²) in [4.78, 5) is 9.10. The summed E-state index contributed by atoms with van der Waals surface area (Å²) in [5.74, 6) is -5.27. The molecule has 0 aromatic carbocycles. The van der Waals surface area contributed by atoms with Crippen molar-refractivity contribution in [2.75, 3.05) is 6.61 Å². The van der Waals surface area contributed by atoms with Gasteiger partial charge in [0, 0.05) is 0 Å². The summed E-state index contributed by atoms with van der Waals surface area (Å²) in [7, 11) is 0. The number of aliphatic hydroxyl groups is 1. The molecule has 5 nitrogen and oxygen atoms in total. The van der Waals surface area contributed by atoms with Crippen LogP contribution in [-0.2, 0) is 5.92 Å². The molecule has 0 spiro atoms. The van der Waals surface area contributed by atoms with Crippen LogP contribution in [0.4, 0.5) is 14.7 Å². The van der Waals surface area contributed by atoms with Gasteiger partial charge in [0.25, 0.3) is 0 Å². The molecule has 0 atom stereocenters. The minimum atomic E-state index is -3.58. The van der Waals surface area contributed by atoms with Crippen LogP contribution < -0.4 is 0 Å². The highest BCUT2D eigenvalue weighted by atomic mass is 19.3. The van der Waals surface area contributed by atoms with E-state index in [1.807, 2.05) is 0 Å². The van der Waals surface area contributed by atoms with E-state index in [0.717, 1.165) is 12.1 Å². The van der Waals surface area contributed by atoms with Crippen LogP contribution in [0.1, 0.15) is 5.76 Å². The maximum Gasteiger partial charge on any atom is 0.433 e. The quantitative estimate of drug-likeness (QED) is 0.579. The van der Waals surface area contributed by atoms with E-state index < -0.39 is 29.1 Å². The molecule has 0 aliphatic carbocycles. The second kappa shape index (κ2) is 3.09. The zero-order chi connectivity index (χ0) is 10.1. The summed E-state index contributed by atoms with van der Waals surface area (Å²) < 4.78 is 29.4. The Morgan fingerprint density at radius 2 is 2.23 bits per heavy atom. The van der Waals surface area contributed by atoms with E-state index in [0.29, 0.717) is 0 Å². The van der Waals surface area contributed by atoms with E-state index >= 15 is 0 Å². The molecular weight excluding hydrogens is 188 g/mol. The SMILES string of the molecule is O=[N+]([O-])c1ccc(C(F)(F)CO)o1. The molecule has 1 heterocycles. The van der Waals surface area contributed by atoms with Gasteiger partial charge in [-0.05, 0) is 6.07 Å². The third-order valence-electron chi connectivity index (χ3n) is 1.33. The van der Waals surface area contributed by atoms with Gasteiger partial charge in [-0.15, -0.1) is 0 Å². The Morgan fingerprint density at radius 3 is 2.62 bits per heavy atom. The zero-order valence-corrected chi connectivity index (χ0v) is 6.24. The van der Waals surface area contributed by atoms with Crippen molar-refractivity contribution in [2.45, 2.75) is 5.92 Å². The lowest BCUT2D eigenvalue weighted by atomic mass is 10.3. The molecule has 0 amide bonds. The summed E-state index contributed by atoms with van der Waals surface area (Å²) in [6, 6.07) is 1.56. The fraction of sp³-hybridized carbons (Fsp3) is 0.333. The number of nitrogens with zero attached hydrogens (tertiary/aromatic N) is 1. The monoisotopic (exact) mass is 193 g/mol. The lowest BCUT2D eigenvalue weighted by Gasteiger charge is -2.07. The average molecular weight is 193 g/mol. The molecule has 1 N–H and O–H groups in total. The summed E-state index contributed by atoms with van der Waals surface area (Å²) in [6.45, 7) is -1.45. The summed E-state index contributed by atoms with van der Waals surface area (Å²) >= 11 is 0. The van der Waals surface area contributed by atoms with E-state index in [1.54, 1.807) is 0 Å². The Kier molecular flexibility index (Phi) is 2.28. The molecule has 0 radical (unpaired) electrons. The van der Waals surface area contributed by atoms with Gasteiger partial charge in [0.15, 0.2) is 5.76 Å². The molecule has 0 saturated carbocycles. The van der Waals surface area contributed by atoms with Crippen molar-refractivity contribution < 1.29 is 23.2 Å². The van der Waals surface area contributed by atoms with Crippen LogP contribution in [0.15, 0.2) is 16.5 Å². The Balaban J connectivity index is 2.98. The molecule has 0 aliphatic heterocycles. The fourth-order valence-electron chi connectivity index (χ4n) is 0.700. The number of rotatable bonds is 3. The Hall–Kier alpha value is -1.50. The minimum absolute atomic E-state index is 0.758. The third kappa shape index (κ3) is 1.81. The molecular formula is C6H5F2NO4. The van der Waals surface area contributed by atoms with Crippen molar-refractivity contribution in [3.8, 4) is 0 Å². The van der Waals surface area contributed by atoms with Crippen molar-refractivity contribution in [3.05, 3.63) is 28.0 Å². The van der Waals surface area contributed by atoms with Crippen molar-refractivity contribution in [1.29, 1.82) is 0 Å². The highest BCUT2D eigenvalue weighted by molar-refractivity contribution is 5.20. The van der Waals surface area contributed by atoms with Crippen molar-refractivity contribution in [2.24, 2.45) is 0 Å². The maximum atomic E-state index is 12.6. The topological polar surface area (TPSA) is 76.5 Å². The normalized spacial score (nSPS) is 11.6. The van der Waals surface area contributed by atoms with Gasteiger partial charge in [0.2, 0.25) is 0 Å². The van der Waals surface area contributed by atoms with Crippen molar-refractivity contribution in [3.63, 3.8) is 0 Å². The summed E-state index contributed by atoms with van der Waals surface area (Å²) in [6.07, 6.45) is 0. The van der Waals surface area contributed by atoms with E-state index in [9.17, 15) is 18.9 Å². The Morgan fingerprint density at radius 1 is 1.62 bits per heavy atom. The van der Waals surface area contributed by atoms with Gasteiger partial charge in [-0.2, -0.15) is 8.78 Å². The predicted octanol–water partition coefficient (Wildman–Crippen LogP) is 1.27. The standard InChI is InChI=1S/C6H5F2NO4/c7-6(8,3-10)4-1-2-5(13-4)9(11)12/h1-2,10H,3H2. The average Bonchev–Trinajstić information content (AvgIpc) is 2.52. The van der Waals surface area contributed by atoms with Crippen LogP contribution in [0.5, 0.6) is 0 Å². The van der Waals surface area contributed by atoms with Gasteiger partial charge in [0.05, 0.1) is 6.07 Å². The number of furan rings is 1. The van der Waals surface area contributed by atoms with Crippen LogP contribution in [-0.4, -0.2) is 16.6 Å². The van der Waals surface area contributed by atoms with Crippen molar-refractivity contribution in [1.82, 2.24) is 0 Å². The lowest BCUT2D eigenvalue weighted by molar-refractivity contribution is -0.403. The number of alkyl halides is 2. The number of hydrogen-bond donors (Lipinski definition) is 1.